The van der Waals surface area contributed by atoms with Gasteiger partial charge in [-0.3, -0.25) is 0 Å². The van der Waals surface area contributed by atoms with Crippen molar-refractivity contribution < 1.29 is 4.79 Å². The van der Waals surface area contributed by atoms with Gasteiger partial charge in [0.15, 0.2) is 0 Å². The molecule has 5 aliphatic rings. The van der Waals surface area contributed by atoms with E-state index in [1.165, 1.54) is 69.2 Å². The summed E-state index contributed by atoms with van der Waals surface area (Å²) in [4.78, 5) is 17.8. The van der Waals surface area contributed by atoms with Gasteiger partial charge in [0.1, 0.15) is 0 Å². The van der Waals surface area contributed by atoms with Crippen LogP contribution in [0.5, 0.6) is 0 Å². The number of rotatable bonds is 2. The molecule has 0 radical (unpaired) electrons. The Hall–Kier alpha value is -1.55. The van der Waals surface area contributed by atoms with Gasteiger partial charge < -0.3 is 15.1 Å². The molecule has 2 saturated carbocycles. The maximum atomic E-state index is 12.9. The Bertz CT molecular complexity index is 793. The summed E-state index contributed by atoms with van der Waals surface area (Å²) in [6.07, 6.45) is 13.1. The van der Waals surface area contributed by atoms with E-state index >= 15 is 0 Å². The fourth-order valence-corrected chi connectivity index (χ4v) is 7.78. The zero-order valence-corrected chi connectivity index (χ0v) is 18.3. The van der Waals surface area contributed by atoms with Gasteiger partial charge in [-0.15, -0.1) is 0 Å². The molecule has 3 aliphatic carbocycles. The van der Waals surface area contributed by atoms with Crippen LogP contribution in [0.15, 0.2) is 24.3 Å². The third-order valence-electron chi connectivity index (χ3n) is 9.37. The van der Waals surface area contributed by atoms with Crippen LogP contribution in [0.4, 0.5) is 4.79 Å². The van der Waals surface area contributed by atoms with Crippen molar-refractivity contribution in [1.29, 1.82) is 0 Å². The molecule has 1 aromatic rings. The lowest BCUT2D eigenvalue weighted by Gasteiger charge is -2.44. The predicted octanol–water partition coefficient (Wildman–Crippen LogP) is 4.85. The quantitative estimate of drug-likeness (QED) is 0.761. The number of nitrogens with zero attached hydrogens (tertiary/aromatic N) is 2. The van der Waals surface area contributed by atoms with Crippen molar-refractivity contribution in [2.24, 2.45) is 11.8 Å². The number of hydrogen-bond acceptors (Lipinski definition) is 2. The van der Waals surface area contributed by atoms with Crippen molar-refractivity contribution in [2.45, 2.75) is 81.7 Å². The maximum absolute atomic E-state index is 12.9. The fraction of sp³-hybridized carbons (Fsp3) is 0.731. The summed E-state index contributed by atoms with van der Waals surface area (Å²) < 4.78 is 0. The number of fused-ring (bicyclic) bond motifs is 4. The van der Waals surface area contributed by atoms with Crippen molar-refractivity contribution >= 4 is 6.03 Å². The number of nitrogens with one attached hydrogen (secondary N) is 1. The average molecular weight is 408 g/mol. The van der Waals surface area contributed by atoms with E-state index in [2.05, 4.69) is 34.5 Å². The second kappa shape index (κ2) is 7.55. The molecule has 4 heteroatoms. The van der Waals surface area contributed by atoms with Crippen molar-refractivity contribution in [3.63, 3.8) is 0 Å². The normalized spacial score (nSPS) is 35.0. The van der Waals surface area contributed by atoms with Gasteiger partial charge in [0.05, 0.1) is 6.04 Å². The summed E-state index contributed by atoms with van der Waals surface area (Å²) >= 11 is 0. The standard InChI is InChI=1S/C26H37N3O/c30-25(29-12-4-1-5-13-29)27-23-18-26(22-7-3-2-6-21(22)23)10-14-28(15-11-26)24-17-19-8-9-20(24)16-19/h2-3,6-7,19-20,23-24H,1,4-5,8-18H2,(H,27,30)/t19-,20+,23-,24?/m0/s1. The highest BCUT2D eigenvalue weighted by Crippen LogP contribution is 2.53. The molecule has 1 aromatic carbocycles. The van der Waals surface area contributed by atoms with Gasteiger partial charge in [0.2, 0.25) is 0 Å². The lowest BCUT2D eigenvalue weighted by Crippen LogP contribution is -2.48. The highest BCUT2D eigenvalue weighted by molar-refractivity contribution is 5.75. The first-order chi connectivity index (χ1) is 14.7. The first-order valence-corrected chi connectivity index (χ1v) is 12.6. The van der Waals surface area contributed by atoms with Crippen LogP contribution >= 0.6 is 0 Å². The van der Waals surface area contributed by atoms with E-state index < -0.39 is 0 Å². The van der Waals surface area contributed by atoms with Crippen LogP contribution in [0.25, 0.3) is 0 Å². The van der Waals surface area contributed by atoms with E-state index in [1.54, 1.807) is 0 Å². The molecule has 4 nitrogen and oxygen atoms in total. The number of urea groups is 1. The van der Waals surface area contributed by atoms with Crippen LogP contribution in [-0.2, 0) is 5.41 Å². The molecule has 2 heterocycles. The Balaban J connectivity index is 1.16. The van der Waals surface area contributed by atoms with E-state index in [1.807, 2.05) is 4.90 Å². The monoisotopic (exact) mass is 407 g/mol. The Morgan fingerprint density at radius 1 is 0.967 bits per heavy atom. The second-order valence-electron chi connectivity index (χ2n) is 10.9. The molecule has 4 fully saturated rings. The average Bonchev–Trinajstić information content (AvgIpc) is 3.50. The Morgan fingerprint density at radius 2 is 1.77 bits per heavy atom. The third kappa shape index (κ3) is 3.18. The molecule has 2 aliphatic heterocycles. The van der Waals surface area contributed by atoms with Gasteiger partial charge in [0.25, 0.3) is 0 Å². The van der Waals surface area contributed by atoms with E-state index in [0.717, 1.165) is 50.2 Å². The number of carbonyl (C=O) groups excluding carboxylic acids is 1. The lowest BCUT2D eigenvalue weighted by atomic mass is 9.73. The number of piperidine rings is 2. The van der Waals surface area contributed by atoms with Crippen molar-refractivity contribution in [1.82, 2.24) is 15.1 Å². The minimum absolute atomic E-state index is 0.158. The summed E-state index contributed by atoms with van der Waals surface area (Å²) in [6, 6.07) is 10.2. The van der Waals surface area contributed by atoms with Crippen molar-refractivity contribution in [2.75, 3.05) is 26.2 Å². The summed E-state index contributed by atoms with van der Waals surface area (Å²) in [7, 11) is 0. The first kappa shape index (κ1) is 19.2. The molecule has 4 atom stereocenters. The summed E-state index contributed by atoms with van der Waals surface area (Å²) in [5.41, 5.74) is 3.18. The van der Waals surface area contributed by atoms with Gasteiger partial charge in [-0.05, 0) is 93.8 Å². The van der Waals surface area contributed by atoms with Gasteiger partial charge in [-0.25, -0.2) is 4.79 Å². The molecule has 2 saturated heterocycles. The van der Waals surface area contributed by atoms with Gasteiger partial charge in [-0.1, -0.05) is 30.7 Å². The molecule has 1 unspecified atom stereocenters. The van der Waals surface area contributed by atoms with Gasteiger partial charge in [0, 0.05) is 24.5 Å². The Kier molecular flexibility index (Phi) is 4.82. The van der Waals surface area contributed by atoms with Crippen LogP contribution in [0.2, 0.25) is 0 Å². The molecule has 30 heavy (non-hydrogen) atoms. The molecule has 1 spiro atoms. The van der Waals surface area contributed by atoms with Crippen LogP contribution in [0.1, 0.15) is 81.4 Å². The highest BCUT2D eigenvalue weighted by atomic mass is 16.2. The molecule has 2 amide bonds. The number of likely N-dealkylation sites (tertiary alicyclic amines) is 2. The largest absolute Gasteiger partial charge is 0.331 e. The van der Waals surface area contributed by atoms with E-state index in [9.17, 15) is 4.79 Å². The van der Waals surface area contributed by atoms with Crippen molar-refractivity contribution in [3.05, 3.63) is 35.4 Å². The SMILES string of the molecule is O=C(N[C@H]1CC2(CCN(C3C[C@H]4CC[C@@H]3C4)CC2)c2ccccc21)N1CCCCC1. The van der Waals surface area contributed by atoms with Crippen LogP contribution < -0.4 is 5.32 Å². The second-order valence-corrected chi connectivity index (χ2v) is 10.9. The summed E-state index contributed by atoms with van der Waals surface area (Å²) in [5.74, 6) is 2.01. The zero-order valence-electron chi connectivity index (χ0n) is 18.3. The third-order valence-corrected chi connectivity index (χ3v) is 9.37. The summed E-state index contributed by atoms with van der Waals surface area (Å²) in [5, 5.41) is 3.44. The summed E-state index contributed by atoms with van der Waals surface area (Å²) in [6.45, 7) is 4.33. The number of hydrogen-bond donors (Lipinski definition) is 1. The first-order valence-electron chi connectivity index (χ1n) is 12.6. The molecule has 2 bridgehead atoms. The maximum Gasteiger partial charge on any atom is 0.317 e. The lowest BCUT2D eigenvalue weighted by molar-refractivity contribution is 0.0810. The smallest absolute Gasteiger partial charge is 0.317 e. The van der Waals surface area contributed by atoms with E-state index in [-0.39, 0.29) is 17.5 Å². The van der Waals surface area contributed by atoms with Crippen LogP contribution in [0, 0.1) is 11.8 Å². The molecular formula is C26H37N3O. The van der Waals surface area contributed by atoms with Gasteiger partial charge in [-0.2, -0.15) is 0 Å². The fourth-order valence-electron chi connectivity index (χ4n) is 7.78. The molecule has 0 aromatic heterocycles. The minimum Gasteiger partial charge on any atom is -0.331 e. The number of amides is 2. The molecule has 1 N–H and O–H groups in total. The predicted molar refractivity (Wildman–Crippen MR) is 119 cm³/mol. The van der Waals surface area contributed by atoms with E-state index in [0.29, 0.717) is 0 Å². The van der Waals surface area contributed by atoms with Gasteiger partial charge >= 0.3 is 6.03 Å². The van der Waals surface area contributed by atoms with Crippen LogP contribution in [-0.4, -0.2) is 48.1 Å². The van der Waals surface area contributed by atoms with Crippen LogP contribution in [0.3, 0.4) is 0 Å². The topological polar surface area (TPSA) is 35.6 Å². The number of carbonyl (C=O) groups is 1. The van der Waals surface area contributed by atoms with Crippen molar-refractivity contribution in [3.8, 4) is 0 Å². The number of benzene rings is 1. The molecule has 162 valence electrons. The Labute approximate surface area is 181 Å². The zero-order chi connectivity index (χ0) is 20.1. The Morgan fingerprint density at radius 3 is 2.50 bits per heavy atom. The molecule has 6 rings (SSSR count). The molecular weight excluding hydrogens is 370 g/mol. The van der Waals surface area contributed by atoms with E-state index in [4.69, 9.17) is 0 Å². The highest BCUT2D eigenvalue weighted by Gasteiger charge is 2.49. The minimum atomic E-state index is 0.158.